The Bertz CT molecular complexity index is 2230. The normalized spacial score (nSPS) is 12.9. The van der Waals surface area contributed by atoms with Crippen LogP contribution in [0.2, 0.25) is 0 Å². The van der Waals surface area contributed by atoms with Crippen LogP contribution >= 0.6 is 10.8 Å². The Morgan fingerprint density at radius 1 is 0.735 bits per heavy atom. The fourth-order valence-electron chi connectivity index (χ4n) is 5.40. The van der Waals surface area contributed by atoms with E-state index >= 15 is 0 Å². The molecule has 9 nitrogen and oxygen atoms in total. The standard InChI is InChI=1S/C32H28F6N6O3S2/c1-17-25(43(11-9-27(17)46-3)29-39-21-7-5-19(31(33,34)35)13-23(21)41-29)15-48-49(45)16-26-18(2)28(47-4)10-12-44(26)30-40-22-8-6-20(32(36,37)38)14-24(22)42-30/h5-14H,15-16H2,1-4H3,(H,39,41)(H,40,42)/q+2. The molecule has 2 N–H and O–H groups in total. The minimum atomic E-state index is -4.52. The van der Waals surface area contributed by atoms with Gasteiger partial charge < -0.3 is 9.47 Å². The summed E-state index contributed by atoms with van der Waals surface area (Å²) in [4.78, 5) is 14.9. The van der Waals surface area contributed by atoms with Gasteiger partial charge in [-0.25, -0.2) is 23.3 Å². The molecular weight excluding hydrogens is 695 g/mol. The molecule has 6 aromatic rings. The summed E-state index contributed by atoms with van der Waals surface area (Å²) >= 11 is 0. The van der Waals surface area contributed by atoms with Crippen LogP contribution in [-0.2, 0) is 33.7 Å². The van der Waals surface area contributed by atoms with E-state index in [0.29, 0.717) is 45.0 Å². The molecule has 0 spiro atoms. The van der Waals surface area contributed by atoms with E-state index in [2.05, 4.69) is 19.9 Å². The highest BCUT2D eigenvalue weighted by atomic mass is 33.1. The number of hydrogen-bond acceptors (Lipinski definition) is 6. The summed E-state index contributed by atoms with van der Waals surface area (Å²) in [5.41, 5.74) is 1.97. The summed E-state index contributed by atoms with van der Waals surface area (Å²) in [5, 5.41) is 0. The van der Waals surface area contributed by atoms with E-state index in [9.17, 15) is 30.6 Å². The van der Waals surface area contributed by atoms with Crippen molar-refractivity contribution in [2.45, 2.75) is 37.7 Å². The van der Waals surface area contributed by atoms with Gasteiger partial charge in [0.15, 0.2) is 11.0 Å². The van der Waals surface area contributed by atoms with Crippen LogP contribution in [0.1, 0.15) is 33.6 Å². The van der Waals surface area contributed by atoms with Gasteiger partial charge in [0.25, 0.3) is 0 Å². The van der Waals surface area contributed by atoms with Crippen LogP contribution < -0.4 is 18.6 Å². The number of ether oxygens (including phenoxy) is 2. The highest BCUT2D eigenvalue weighted by molar-refractivity contribution is 8.68. The van der Waals surface area contributed by atoms with Crippen LogP contribution in [0.3, 0.4) is 0 Å². The lowest BCUT2D eigenvalue weighted by Gasteiger charge is -2.14. The van der Waals surface area contributed by atoms with Crippen molar-refractivity contribution in [1.82, 2.24) is 19.9 Å². The zero-order valence-electron chi connectivity index (χ0n) is 26.3. The maximum absolute atomic E-state index is 13.7. The molecule has 4 heterocycles. The van der Waals surface area contributed by atoms with Gasteiger partial charge in [-0.2, -0.15) is 26.3 Å². The lowest BCUT2D eigenvalue weighted by molar-refractivity contribution is -0.611. The van der Waals surface area contributed by atoms with E-state index in [0.717, 1.165) is 35.1 Å². The number of alkyl halides is 6. The first-order chi connectivity index (χ1) is 23.2. The molecule has 2 aromatic carbocycles. The fraction of sp³-hybridized carbons (Fsp3) is 0.250. The van der Waals surface area contributed by atoms with Crippen molar-refractivity contribution in [2.75, 3.05) is 14.2 Å². The molecule has 6 rings (SSSR count). The molecule has 0 bridgehead atoms. The van der Waals surface area contributed by atoms with Crippen LogP contribution in [0.5, 0.6) is 11.5 Å². The van der Waals surface area contributed by atoms with Crippen molar-refractivity contribution in [3.05, 3.63) is 94.6 Å². The van der Waals surface area contributed by atoms with Crippen molar-refractivity contribution in [2.24, 2.45) is 0 Å². The maximum Gasteiger partial charge on any atom is 0.416 e. The summed E-state index contributed by atoms with van der Waals surface area (Å²) in [6.45, 7) is 3.59. The molecule has 256 valence electrons. The lowest BCUT2D eigenvalue weighted by atomic mass is 10.2. The van der Waals surface area contributed by atoms with E-state index in [1.807, 2.05) is 6.92 Å². The first-order valence-electron chi connectivity index (χ1n) is 14.5. The molecule has 1 unspecified atom stereocenters. The Morgan fingerprint density at radius 2 is 1.18 bits per heavy atom. The van der Waals surface area contributed by atoms with Crippen molar-refractivity contribution in [1.29, 1.82) is 0 Å². The summed E-state index contributed by atoms with van der Waals surface area (Å²) in [6, 6.07) is 9.86. The van der Waals surface area contributed by atoms with Crippen LogP contribution in [-0.4, -0.2) is 38.4 Å². The second kappa shape index (κ2) is 13.0. The van der Waals surface area contributed by atoms with Crippen molar-refractivity contribution in [3.63, 3.8) is 0 Å². The fourth-order valence-corrected chi connectivity index (χ4v) is 7.98. The van der Waals surface area contributed by atoms with Crippen molar-refractivity contribution in [3.8, 4) is 23.4 Å². The average molecular weight is 723 g/mol. The highest BCUT2D eigenvalue weighted by Crippen LogP contribution is 2.33. The third-order valence-corrected chi connectivity index (χ3v) is 10.7. The molecule has 0 aliphatic heterocycles. The molecular formula is C32H28F6N6O3S2+2. The summed E-state index contributed by atoms with van der Waals surface area (Å²) < 4.78 is 108. The van der Waals surface area contributed by atoms with Crippen LogP contribution in [0.15, 0.2) is 60.9 Å². The summed E-state index contributed by atoms with van der Waals surface area (Å²) in [5.74, 6) is 1.76. The van der Waals surface area contributed by atoms with Gasteiger partial charge in [-0.3, -0.25) is 0 Å². The molecule has 0 fully saturated rings. The first kappa shape index (κ1) is 34.2. The highest BCUT2D eigenvalue weighted by Gasteiger charge is 2.33. The molecule has 0 amide bonds. The van der Waals surface area contributed by atoms with Gasteiger partial charge in [0.2, 0.25) is 0 Å². The molecule has 1 atom stereocenters. The third kappa shape index (κ3) is 6.81. The molecule has 0 aliphatic carbocycles. The van der Waals surface area contributed by atoms with Gasteiger partial charge in [-0.1, -0.05) is 20.8 Å². The number of rotatable bonds is 9. The predicted molar refractivity (Wildman–Crippen MR) is 171 cm³/mol. The molecule has 0 saturated heterocycles. The predicted octanol–water partition coefficient (Wildman–Crippen LogP) is 6.76. The summed E-state index contributed by atoms with van der Waals surface area (Å²) in [6.07, 6.45) is -5.74. The van der Waals surface area contributed by atoms with Gasteiger partial charge in [0.1, 0.15) is 33.9 Å². The Kier molecular flexibility index (Phi) is 9.08. The van der Waals surface area contributed by atoms with Gasteiger partial charge >= 0.3 is 24.2 Å². The van der Waals surface area contributed by atoms with E-state index in [4.69, 9.17) is 9.47 Å². The molecule has 4 aromatic heterocycles. The molecule has 0 aliphatic rings. The zero-order chi connectivity index (χ0) is 35.2. The van der Waals surface area contributed by atoms with Crippen molar-refractivity contribution < 1.29 is 49.2 Å². The van der Waals surface area contributed by atoms with Crippen LogP contribution in [0.4, 0.5) is 26.3 Å². The number of fused-ring (bicyclic) bond motifs is 2. The van der Waals surface area contributed by atoms with E-state index in [1.165, 1.54) is 26.4 Å². The first-order valence-corrected chi connectivity index (χ1v) is 17.3. The van der Waals surface area contributed by atoms with E-state index < -0.39 is 33.3 Å². The third-order valence-electron chi connectivity index (χ3n) is 8.01. The minimum Gasteiger partial charge on any atom is -0.496 e. The van der Waals surface area contributed by atoms with Gasteiger partial charge in [-0.05, 0) is 50.2 Å². The minimum absolute atomic E-state index is 0.00637. The van der Waals surface area contributed by atoms with E-state index in [1.54, 1.807) is 40.6 Å². The average Bonchev–Trinajstić information content (AvgIpc) is 3.67. The molecule has 0 saturated carbocycles. The Morgan fingerprint density at radius 3 is 1.63 bits per heavy atom. The topological polar surface area (TPSA) is 101 Å². The van der Waals surface area contributed by atoms with Crippen LogP contribution in [0.25, 0.3) is 34.0 Å². The van der Waals surface area contributed by atoms with E-state index in [-0.39, 0.29) is 34.4 Å². The summed E-state index contributed by atoms with van der Waals surface area (Å²) in [7, 11) is 2.53. The van der Waals surface area contributed by atoms with Gasteiger partial charge in [-0.15, -0.1) is 0 Å². The number of aromatic nitrogens is 6. The lowest BCUT2D eigenvalue weighted by Crippen LogP contribution is -2.38. The second-order valence-corrected chi connectivity index (χ2v) is 14.2. The number of aromatic amines is 2. The van der Waals surface area contributed by atoms with Gasteiger partial charge in [0, 0.05) is 23.3 Å². The number of nitrogens with one attached hydrogen (secondary N) is 2. The Balaban J connectivity index is 1.31. The number of imidazole rings is 2. The van der Waals surface area contributed by atoms with Crippen LogP contribution in [0, 0.1) is 13.8 Å². The molecule has 0 radical (unpaired) electrons. The Hall–Kier alpha value is -4.64. The SMILES string of the molecule is COc1cc[n+](-c2nc3ccc(C(F)(F)F)cc3[nH]2)c(CSS(=O)Cc2c(C)c(OC)cc[n+]2-c2nc3ccc(C(F)(F)F)cc3[nH]2)c1C. The number of hydrogen-bond donors (Lipinski definition) is 2. The zero-order valence-corrected chi connectivity index (χ0v) is 27.9. The largest absolute Gasteiger partial charge is 0.496 e. The number of halogens is 6. The van der Waals surface area contributed by atoms with Crippen molar-refractivity contribution >= 4 is 42.7 Å². The molecule has 49 heavy (non-hydrogen) atoms. The second-order valence-electron chi connectivity index (χ2n) is 10.9. The Labute approximate surface area is 281 Å². The smallest absolute Gasteiger partial charge is 0.416 e. The number of methoxy groups -OCH3 is 2. The number of H-pyrrole nitrogens is 2. The molecule has 17 heteroatoms. The number of pyridine rings is 2. The maximum atomic E-state index is 13.7. The number of nitrogens with zero attached hydrogens (tertiary/aromatic N) is 4. The quantitative estimate of drug-likeness (QED) is 0.0973. The monoisotopic (exact) mass is 722 g/mol. The van der Waals surface area contributed by atoms with Gasteiger partial charge in [0.05, 0.1) is 59.1 Å². The number of benzene rings is 2.